The number of esters is 1. The number of carbonyl (C=O) groups is 2. The zero-order chi connectivity index (χ0) is 15.7. The van der Waals surface area contributed by atoms with Gasteiger partial charge in [0.05, 0.1) is 12.3 Å². The molecule has 2 saturated heterocycles. The summed E-state index contributed by atoms with van der Waals surface area (Å²) in [6.07, 6.45) is 0.199. The Morgan fingerprint density at radius 3 is 2.32 bits per heavy atom. The lowest BCUT2D eigenvalue weighted by Crippen LogP contribution is -2.52. The largest absolute Gasteiger partial charge is 0.459 e. The summed E-state index contributed by atoms with van der Waals surface area (Å²) in [6.45, 7) is 6.65. The van der Waals surface area contributed by atoms with Gasteiger partial charge in [0.2, 0.25) is 5.91 Å². The van der Waals surface area contributed by atoms with Crippen LogP contribution in [0.2, 0.25) is 0 Å². The van der Waals surface area contributed by atoms with Crippen LogP contribution in [-0.2, 0) is 14.3 Å². The van der Waals surface area contributed by atoms with E-state index in [2.05, 4.69) is 17.0 Å². The van der Waals surface area contributed by atoms with Gasteiger partial charge in [-0.3, -0.25) is 9.59 Å². The summed E-state index contributed by atoms with van der Waals surface area (Å²) < 4.78 is 5.27. The Hall–Kier alpha value is -2.04. The second-order valence-corrected chi connectivity index (χ2v) is 6.48. The Balaban J connectivity index is 1.62. The Kier molecular flexibility index (Phi) is 3.81. The van der Waals surface area contributed by atoms with Gasteiger partial charge in [-0.2, -0.15) is 0 Å². The molecule has 5 heteroatoms. The van der Waals surface area contributed by atoms with E-state index in [9.17, 15) is 9.59 Å². The minimum absolute atomic E-state index is 0.0450. The third-order valence-electron chi connectivity index (χ3n) is 4.60. The van der Waals surface area contributed by atoms with E-state index < -0.39 is 5.60 Å². The highest BCUT2D eigenvalue weighted by molar-refractivity contribution is 5.87. The van der Waals surface area contributed by atoms with Crippen molar-refractivity contribution in [2.24, 2.45) is 5.92 Å². The van der Waals surface area contributed by atoms with Gasteiger partial charge in [-0.15, -0.1) is 0 Å². The predicted octanol–water partition coefficient (Wildman–Crippen LogP) is 1.68. The molecule has 2 fully saturated rings. The van der Waals surface area contributed by atoms with Crippen LogP contribution >= 0.6 is 0 Å². The average molecular weight is 302 g/mol. The molecule has 1 atom stereocenters. The molecule has 2 aliphatic heterocycles. The summed E-state index contributed by atoms with van der Waals surface area (Å²) in [5.41, 5.74) is 0.499. The van der Waals surface area contributed by atoms with Crippen molar-refractivity contribution in [3.63, 3.8) is 0 Å². The highest BCUT2D eigenvalue weighted by Crippen LogP contribution is 2.34. The lowest BCUT2D eigenvalue weighted by molar-refractivity contribution is -0.148. The van der Waals surface area contributed by atoms with E-state index in [0.717, 1.165) is 13.1 Å². The number of hydrogen-bond donors (Lipinski definition) is 0. The van der Waals surface area contributed by atoms with Gasteiger partial charge < -0.3 is 14.5 Å². The monoisotopic (exact) mass is 302 g/mol. The first-order valence-electron chi connectivity index (χ1n) is 7.78. The van der Waals surface area contributed by atoms with Crippen LogP contribution in [0.3, 0.4) is 0 Å². The molecule has 1 amide bonds. The van der Waals surface area contributed by atoms with E-state index >= 15 is 0 Å². The molecule has 1 aromatic rings. The standard InChI is InChI=1S/C17H22N2O3/c1-17(2)14(12-15(20)22-17)16(21)19-10-8-18(9-11-19)13-6-4-3-5-7-13/h3-7,14H,8-12H2,1-2H3. The van der Waals surface area contributed by atoms with Crippen LogP contribution in [0.15, 0.2) is 30.3 Å². The summed E-state index contributed by atoms with van der Waals surface area (Å²) in [7, 11) is 0. The Labute approximate surface area is 130 Å². The van der Waals surface area contributed by atoms with E-state index in [4.69, 9.17) is 4.74 Å². The van der Waals surface area contributed by atoms with Crippen LogP contribution in [0.25, 0.3) is 0 Å². The normalized spacial score (nSPS) is 24.3. The van der Waals surface area contributed by atoms with Crippen LogP contribution in [0, 0.1) is 5.92 Å². The molecule has 0 radical (unpaired) electrons. The summed E-state index contributed by atoms with van der Waals surface area (Å²) in [6, 6.07) is 10.2. The second kappa shape index (κ2) is 5.63. The molecule has 22 heavy (non-hydrogen) atoms. The number of anilines is 1. The van der Waals surface area contributed by atoms with Gasteiger partial charge >= 0.3 is 5.97 Å². The maximum Gasteiger partial charge on any atom is 0.307 e. The number of para-hydroxylation sites is 1. The molecule has 5 nitrogen and oxygen atoms in total. The molecule has 118 valence electrons. The molecule has 1 aromatic carbocycles. The topological polar surface area (TPSA) is 49.9 Å². The number of carbonyl (C=O) groups excluding carboxylic acids is 2. The van der Waals surface area contributed by atoms with Crippen LogP contribution < -0.4 is 4.90 Å². The summed E-state index contributed by atoms with van der Waals surface area (Å²) >= 11 is 0. The molecule has 0 N–H and O–H groups in total. The molecule has 3 rings (SSSR count). The first-order chi connectivity index (χ1) is 10.5. The fourth-order valence-electron chi connectivity index (χ4n) is 3.25. The van der Waals surface area contributed by atoms with E-state index in [1.807, 2.05) is 36.9 Å². The van der Waals surface area contributed by atoms with Gasteiger partial charge in [0.1, 0.15) is 5.60 Å². The number of benzene rings is 1. The minimum atomic E-state index is -0.690. The van der Waals surface area contributed by atoms with Crippen molar-refractivity contribution in [2.75, 3.05) is 31.1 Å². The van der Waals surface area contributed by atoms with Gasteiger partial charge in [-0.1, -0.05) is 18.2 Å². The summed E-state index contributed by atoms with van der Waals surface area (Å²) in [5.74, 6) is -0.585. The van der Waals surface area contributed by atoms with Gasteiger partial charge in [-0.25, -0.2) is 0 Å². The van der Waals surface area contributed by atoms with Gasteiger partial charge in [0, 0.05) is 31.9 Å². The fourth-order valence-corrected chi connectivity index (χ4v) is 3.25. The van der Waals surface area contributed by atoms with E-state index in [0.29, 0.717) is 13.1 Å². The molecular weight excluding hydrogens is 280 g/mol. The van der Waals surface area contributed by atoms with Crippen LogP contribution in [-0.4, -0.2) is 48.6 Å². The lowest BCUT2D eigenvalue weighted by atomic mass is 9.89. The van der Waals surface area contributed by atoms with E-state index in [1.165, 1.54) is 5.69 Å². The van der Waals surface area contributed by atoms with E-state index in [1.54, 1.807) is 0 Å². The van der Waals surface area contributed by atoms with Gasteiger partial charge in [0.15, 0.2) is 0 Å². The van der Waals surface area contributed by atoms with Crippen LogP contribution in [0.5, 0.6) is 0 Å². The molecule has 0 aromatic heterocycles. The smallest absolute Gasteiger partial charge is 0.307 e. The highest BCUT2D eigenvalue weighted by Gasteiger charge is 2.47. The molecule has 0 spiro atoms. The van der Waals surface area contributed by atoms with Crippen molar-refractivity contribution in [1.29, 1.82) is 0 Å². The number of cyclic esters (lactones) is 1. The first kappa shape index (κ1) is 14.9. The molecule has 0 aliphatic carbocycles. The van der Waals surface area contributed by atoms with Crippen molar-refractivity contribution in [1.82, 2.24) is 4.90 Å². The number of ether oxygens (including phenoxy) is 1. The number of nitrogens with zero attached hydrogens (tertiary/aromatic N) is 2. The third-order valence-corrected chi connectivity index (χ3v) is 4.60. The van der Waals surface area contributed by atoms with Crippen molar-refractivity contribution in [3.8, 4) is 0 Å². The van der Waals surface area contributed by atoms with Crippen LogP contribution in [0.4, 0.5) is 5.69 Å². The Morgan fingerprint density at radius 2 is 1.77 bits per heavy atom. The SMILES string of the molecule is CC1(C)OC(=O)CC1C(=O)N1CCN(c2ccccc2)CC1. The van der Waals surface area contributed by atoms with Gasteiger partial charge in [-0.05, 0) is 26.0 Å². The summed E-state index contributed by atoms with van der Waals surface area (Å²) in [4.78, 5) is 28.3. The number of hydrogen-bond acceptors (Lipinski definition) is 4. The Bertz CT molecular complexity index is 563. The molecule has 2 aliphatic rings. The lowest BCUT2D eigenvalue weighted by Gasteiger charge is -2.38. The maximum absolute atomic E-state index is 12.7. The number of amides is 1. The summed E-state index contributed by atoms with van der Waals surface area (Å²) in [5, 5.41) is 0. The molecule has 1 unspecified atom stereocenters. The molecule has 0 saturated carbocycles. The second-order valence-electron chi connectivity index (χ2n) is 6.48. The molecular formula is C17H22N2O3. The van der Waals surface area contributed by atoms with Crippen molar-refractivity contribution in [3.05, 3.63) is 30.3 Å². The molecule has 0 bridgehead atoms. The van der Waals surface area contributed by atoms with E-state index in [-0.39, 0.29) is 24.2 Å². The minimum Gasteiger partial charge on any atom is -0.459 e. The quantitative estimate of drug-likeness (QED) is 0.780. The number of piperazine rings is 1. The van der Waals surface area contributed by atoms with Crippen LogP contribution in [0.1, 0.15) is 20.3 Å². The van der Waals surface area contributed by atoms with Crippen molar-refractivity contribution < 1.29 is 14.3 Å². The van der Waals surface area contributed by atoms with Crippen molar-refractivity contribution in [2.45, 2.75) is 25.9 Å². The van der Waals surface area contributed by atoms with Gasteiger partial charge in [0.25, 0.3) is 0 Å². The molecule has 2 heterocycles. The third kappa shape index (κ3) is 2.80. The number of rotatable bonds is 2. The predicted molar refractivity (Wildman–Crippen MR) is 83.5 cm³/mol. The zero-order valence-corrected chi connectivity index (χ0v) is 13.1. The highest BCUT2D eigenvalue weighted by atomic mass is 16.6. The zero-order valence-electron chi connectivity index (χ0n) is 13.1. The first-order valence-corrected chi connectivity index (χ1v) is 7.78. The Morgan fingerprint density at radius 1 is 1.14 bits per heavy atom. The average Bonchev–Trinajstić information content (AvgIpc) is 2.80. The maximum atomic E-state index is 12.7. The fraction of sp³-hybridized carbons (Fsp3) is 0.529. The van der Waals surface area contributed by atoms with Crippen molar-refractivity contribution >= 4 is 17.6 Å².